The maximum atomic E-state index is 13.3. The molecule has 0 saturated heterocycles. The molecular weight excluding hydrogens is 454 g/mol. The van der Waals surface area contributed by atoms with Gasteiger partial charge in [0.05, 0.1) is 34.0 Å². The summed E-state index contributed by atoms with van der Waals surface area (Å²) in [4.78, 5) is 18.4. The smallest absolute Gasteiger partial charge is 0.254 e. The van der Waals surface area contributed by atoms with E-state index in [9.17, 15) is 4.79 Å². The standard InChI is InChI=1S/C25H29N3O5S/c1-30-10-8-26-25(34)28-9-7-15-13-21(32-3)22(33-4)14-18(15)23(28)19-12-16-11-17(31-2)5-6-20(16)27-24(19)29/h5-6,11-14,23H,7-10H2,1-4H3,(H,26,34)(H,27,29)/t23-/m0/s1. The predicted octanol–water partition coefficient (Wildman–Crippen LogP) is 3.02. The Hall–Kier alpha value is -3.30. The molecule has 2 heterocycles. The van der Waals surface area contributed by atoms with Crippen molar-refractivity contribution in [3.8, 4) is 17.2 Å². The minimum atomic E-state index is -0.412. The molecule has 0 spiro atoms. The maximum Gasteiger partial charge on any atom is 0.254 e. The number of thiocarbonyl (C=S) groups is 1. The number of nitrogens with zero attached hydrogens (tertiary/aromatic N) is 1. The Balaban J connectivity index is 1.88. The van der Waals surface area contributed by atoms with E-state index in [1.54, 1.807) is 28.4 Å². The van der Waals surface area contributed by atoms with Crippen molar-refractivity contribution in [1.29, 1.82) is 0 Å². The van der Waals surface area contributed by atoms with E-state index in [-0.39, 0.29) is 5.56 Å². The van der Waals surface area contributed by atoms with Crippen LogP contribution in [0.15, 0.2) is 41.2 Å². The Morgan fingerprint density at radius 1 is 1.06 bits per heavy atom. The Labute approximate surface area is 203 Å². The highest BCUT2D eigenvalue weighted by Crippen LogP contribution is 2.40. The molecule has 0 unspecified atom stereocenters. The van der Waals surface area contributed by atoms with Crippen LogP contribution >= 0.6 is 12.2 Å². The number of aromatic amines is 1. The number of hydrogen-bond donors (Lipinski definition) is 2. The van der Waals surface area contributed by atoms with Crippen LogP contribution in [0.25, 0.3) is 10.9 Å². The highest BCUT2D eigenvalue weighted by Gasteiger charge is 2.33. The van der Waals surface area contributed by atoms with Gasteiger partial charge < -0.3 is 34.1 Å². The lowest BCUT2D eigenvalue weighted by Crippen LogP contribution is -2.47. The van der Waals surface area contributed by atoms with Crippen molar-refractivity contribution in [2.75, 3.05) is 48.1 Å². The molecule has 8 nitrogen and oxygen atoms in total. The van der Waals surface area contributed by atoms with E-state index in [1.165, 1.54) is 0 Å². The highest BCUT2D eigenvalue weighted by molar-refractivity contribution is 7.80. The van der Waals surface area contributed by atoms with E-state index >= 15 is 0 Å². The summed E-state index contributed by atoms with van der Waals surface area (Å²) in [6.45, 7) is 1.74. The summed E-state index contributed by atoms with van der Waals surface area (Å²) in [5.41, 5.74) is 3.20. The number of H-pyrrole nitrogens is 1. The minimum Gasteiger partial charge on any atom is -0.497 e. The number of ether oxygens (including phenoxy) is 4. The van der Waals surface area contributed by atoms with Gasteiger partial charge in [-0.15, -0.1) is 0 Å². The van der Waals surface area contributed by atoms with Crippen molar-refractivity contribution in [2.45, 2.75) is 12.5 Å². The van der Waals surface area contributed by atoms with Crippen molar-refractivity contribution in [3.05, 3.63) is 63.4 Å². The number of aromatic nitrogens is 1. The molecule has 1 aliphatic rings. The SMILES string of the molecule is COCCNC(=S)N1CCc2cc(OC)c(OC)cc2[C@H]1c1cc2cc(OC)ccc2[nH]c1=O. The number of hydrogen-bond acceptors (Lipinski definition) is 6. The summed E-state index contributed by atoms with van der Waals surface area (Å²) < 4.78 is 21.6. The van der Waals surface area contributed by atoms with Gasteiger partial charge in [0, 0.05) is 36.7 Å². The first-order valence-corrected chi connectivity index (χ1v) is 11.4. The molecule has 1 aliphatic heterocycles. The van der Waals surface area contributed by atoms with Crippen molar-refractivity contribution in [2.24, 2.45) is 0 Å². The Kier molecular flexibility index (Phi) is 7.23. The van der Waals surface area contributed by atoms with Crippen LogP contribution < -0.4 is 25.1 Å². The Morgan fingerprint density at radius 2 is 1.82 bits per heavy atom. The maximum absolute atomic E-state index is 13.3. The van der Waals surface area contributed by atoms with Crippen LogP contribution in [0, 0.1) is 0 Å². The molecule has 9 heteroatoms. The Morgan fingerprint density at radius 3 is 2.53 bits per heavy atom. The second-order valence-corrected chi connectivity index (χ2v) is 8.37. The average molecular weight is 484 g/mol. The van der Waals surface area contributed by atoms with Crippen molar-refractivity contribution < 1.29 is 18.9 Å². The van der Waals surface area contributed by atoms with Crippen molar-refractivity contribution >= 4 is 28.2 Å². The molecule has 0 bridgehead atoms. The second kappa shape index (κ2) is 10.3. The quantitative estimate of drug-likeness (QED) is 0.392. The summed E-state index contributed by atoms with van der Waals surface area (Å²) >= 11 is 5.75. The van der Waals surface area contributed by atoms with Gasteiger partial charge in [-0.25, -0.2) is 0 Å². The van der Waals surface area contributed by atoms with Gasteiger partial charge in [0.2, 0.25) is 0 Å². The van der Waals surface area contributed by atoms with E-state index in [1.807, 2.05) is 36.4 Å². The summed E-state index contributed by atoms with van der Waals surface area (Å²) in [5, 5.41) is 4.69. The molecule has 0 fully saturated rings. The van der Waals surface area contributed by atoms with E-state index in [2.05, 4.69) is 15.2 Å². The molecule has 0 aliphatic carbocycles. The lowest BCUT2D eigenvalue weighted by atomic mass is 9.88. The van der Waals surface area contributed by atoms with Gasteiger partial charge in [0.15, 0.2) is 16.6 Å². The minimum absolute atomic E-state index is 0.171. The van der Waals surface area contributed by atoms with Crippen LogP contribution in [0.4, 0.5) is 0 Å². The third kappa shape index (κ3) is 4.53. The van der Waals surface area contributed by atoms with Gasteiger partial charge in [-0.1, -0.05) is 0 Å². The number of methoxy groups -OCH3 is 4. The van der Waals surface area contributed by atoms with Gasteiger partial charge in [-0.05, 0) is 66.2 Å². The normalized spacial score (nSPS) is 15.1. The third-order valence-corrected chi connectivity index (χ3v) is 6.47. The summed E-state index contributed by atoms with van der Waals surface area (Å²) in [6, 6.07) is 11.0. The van der Waals surface area contributed by atoms with Crippen molar-refractivity contribution in [3.63, 3.8) is 0 Å². The van der Waals surface area contributed by atoms with Gasteiger partial charge in [-0.2, -0.15) is 0 Å². The van der Waals surface area contributed by atoms with Crippen LogP contribution in [-0.4, -0.2) is 63.1 Å². The van der Waals surface area contributed by atoms with Gasteiger partial charge in [0.25, 0.3) is 5.56 Å². The number of fused-ring (bicyclic) bond motifs is 2. The lowest BCUT2D eigenvalue weighted by molar-refractivity contribution is 0.202. The van der Waals surface area contributed by atoms with Gasteiger partial charge in [-0.3, -0.25) is 4.79 Å². The first kappa shape index (κ1) is 23.8. The largest absolute Gasteiger partial charge is 0.497 e. The lowest BCUT2D eigenvalue weighted by Gasteiger charge is -2.39. The van der Waals surface area contributed by atoms with Crippen LogP contribution in [-0.2, 0) is 11.2 Å². The fraction of sp³-hybridized carbons (Fsp3) is 0.360. The van der Waals surface area contributed by atoms with Crippen LogP contribution in [0.1, 0.15) is 22.7 Å². The van der Waals surface area contributed by atoms with E-state index in [4.69, 9.17) is 31.2 Å². The highest BCUT2D eigenvalue weighted by atomic mass is 32.1. The Bertz CT molecular complexity index is 1260. The van der Waals surface area contributed by atoms with E-state index < -0.39 is 6.04 Å². The topological polar surface area (TPSA) is 85.1 Å². The summed E-state index contributed by atoms with van der Waals surface area (Å²) in [5.74, 6) is 1.98. The van der Waals surface area contributed by atoms with E-state index in [0.29, 0.717) is 41.9 Å². The zero-order valence-electron chi connectivity index (χ0n) is 19.8. The summed E-state index contributed by atoms with van der Waals surface area (Å²) in [6.07, 6.45) is 0.748. The molecule has 34 heavy (non-hydrogen) atoms. The molecule has 1 aromatic heterocycles. The fourth-order valence-electron chi connectivity index (χ4n) is 4.39. The second-order valence-electron chi connectivity index (χ2n) is 7.98. The zero-order chi connectivity index (χ0) is 24.2. The van der Waals surface area contributed by atoms with Crippen LogP contribution in [0.3, 0.4) is 0 Å². The van der Waals surface area contributed by atoms with Crippen molar-refractivity contribution in [1.82, 2.24) is 15.2 Å². The molecule has 0 amide bonds. The molecule has 4 rings (SSSR count). The molecule has 2 aromatic carbocycles. The fourth-order valence-corrected chi connectivity index (χ4v) is 4.69. The van der Waals surface area contributed by atoms with Crippen LogP contribution in [0.2, 0.25) is 0 Å². The molecule has 2 N–H and O–H groups in total. The molecule has 3 aromatic rings. The first-order valence-electron chi connectivity index (χ1n) is 11.0. The number of rotatable bonds is 7. The molecular formula is C25H29N3O5S. The number of pyridine rings is 1. The first-order chi connectivity index (χ1) is 16.5. The zero-order valence-corrected chi connectivity index (χ0v) is 20.6. The monoisotopic (exact) mass is 483 g/mol. The third-order valence-electron chi connectivity index (χ3n) is 6.09. The average Bonchev–Trinajstić information content (AvgIpc) is 2.86. The predicted molar refractivity (Wildman–Crippen MR) is 135 cm³/mol. The van der Waals surface area contributed by atoms with E-state index in [0.717, 1.165) is 34.2 Å². The number of benzene rings is 2. The molecule has 0 saturated carbocycles. The number of nitrogens with one attached hydrogen (secondary N) is 2. The molecule has 1 atom stereocenters. The molecule has 0 radical (unpaired) electrons. The molecule has 180 valence electrons. The van der Waals surface area contributed by atoms with Crippen LogP contribution in [0.5, 0.6) is 17.2 Å². The van der Waals surface area contributed by atoms with Gasteiger partial charge in [0.1, 0.15) is 5.75 Å². The summed E-state index contributed by atoms with van der Waals surface area (Å²) in [7, 11) is 6.49. The van der Waals surface area contributed by atoms with Gasteiger partial charge >= 0.3 is 0 Å².